The van der Waals surface area contributed by atoms with Crippen LogP contribution in [0.15, 0.2) is 65.7 Å². The average molecular weight is 432 g/mol. The molecule has 3 aromatic carbocycles. The van der Waals surface area contributed by atoms with Crippen molar-refractivity contribution in [1.82, 2.24) is 5.32 Å². The number of amides is 2. The zero-order valence-electron chi connectivity index (χ0n) is 17.1. The van der Waals surface area contributed by atoms with Gasteiger partial charge in [0.15, 0.2) is 5.96 Å². The third kappa shape index (κ3) is 5.82. The lowest BCUT2D eigenvalue weighted by atomic mass is 9.98. The summed E-state index contributed by atoms with van der Waals surface area (Å²) in [5.74, 6) is -2.23. The van der Waals surface area contributed by atoms with E-state index in [-0.39, 0.29) is 25.3 Å². The lowest BCUT2D eigenvalue weighted by Gasteiger charge is -2.15. The smallest absolute Gasteiger partial charge is 0.251 e. The number of benzene rings is 3. The van der Waals surface area contributed by atoms with Crippen LogP contribution in [0.4, 0.5) is 11.4 Å². The first-order chi connectivity index (χ1) is 15.3. The number of hydrogen-bond donors (Lipinski definition) is 4. The molecule has 0 aliphatic rings. The van der Waals surface area contributed by atoms with Crippen LogP contribution in [-0.4, -0.2) is 30.3 Å². The van der Waals surface area contributed by atoms with Crippen molar-refractivity contribution in [2.75, 3.05) is 11.9 Å². The van der Waals surface area contributed by atoms with Crippen molar-refractivity contribution < 1.29 is 19.5 Å². The highest BCUT2D eigenvalue weighted by Crippen LogP contribution is 2.27. The molecule has 164 valence electrons. The molecule has 9 heteroatoms. The standard InChI is InChI=1S/C23H23N5O4/c24-23(25)27-16-6-3-5-15(12-16)22(32)26-13-20(29)28-19-10-8-14-4-1-2-7-17(14)18(19)9-11-21(30)31/h1-8,10,12H,9,11,13H2,(H,26,32)(H,28,29)(H,30,31)(H4,24,25,27)/p-1. The molecule has 0 aromatic heterocycles. The van der Waals surface area contributed by atoms with Crippen LogP contribution in [0.2, 0.25) is 0 Å². The number of carboxylic acid groups (broad SMARTS) is 1. The van der Waals surface area contributed by atoms with Gasteiger partial charge in [-0.1, -0.05) is 36.4 Å². The Bertz CT molecular complexity index is 1200. The third-order valence-electron chi connectivity index (χ3n) is 4.67. The molecule has 3 aromatic rings. The van der Waals surface area contributed by atoms with Crippen LogP contribution in [0, 0.1) is 0 Å². The Kier molecular flexibility index (Phi) is 7.02. The lowest BCUT2D eigenvalue weighted by Crippen LogP contribution is -2.33. The summed E-state index contributed by atoms with van der Waals surface area (Å²) < 4.78 is 0. The van der Waals surface area contributed by atoms with Crippen LogP contribution in [0.25, 0.3) is 10.8 Å². The molecule has 0 atom stereocenters. The van der Waals surface area contributed by atoms with E-state index in [9.17, 15) is 19.5 Å². The summed E-state index contributed by atoms with van der Waals surface area (Å²) in [6, 6.07) is 17.3. The number of nitrogens with zero attached hydrogens (tertiary/aromatic N) is 1. The number of guanidine groups is 1. The molecule has 9 nitrogen and oxygen atoms in total. The fourth-order valence-corrected chi connectivity index (χ4v) is 3.27. The largest absolute Gasteiger partial charge is 0.550 e. The molecule has 0 radical (unpaired) electrons. The van der Waals surface area contributed by atoms with Gasteiger partial charge in [-0.3, -0.25) is 9.59 Å². The quantitative estimate of drug-likeness (QED) is 0.304. The minimum Gasteiger partial charge on any atom is -0.550 e. The summed E-state index contributed by atoms with van der Waals surface area (Å²) in [5.41, 5.74) is 12.6. The SMILES string of the molecule is NC(N)=Nc1cccc(C(=O)NCC(=O)Nc2ccc3ccccc3c2CCC(=O)[O-])c1. The zero-order chi connectivity index (χ0) is 23.1. The predicted octanol–water partition coefficient (Wildman–Crippen LogP) is 0.796. The van der Waals surface area contributed by atoms with Crippen molar-refractivity contribution in [3.8, 4) is 0 Å². The number of rotatable bonds is 8. The summed E-state index contributed by atoms with van der Waals surface area (Å²) in [6.07, 6.45) is 0.0169. The number of aliphatic carboxylic acids is 1. The average Bonchev–Trinajstić information content (AvgIpc) is 2.76. The van der Waals surface area contributed by atoms with Crippen molar-refractivity contribution in [2.24, 2.45) is 16.5 Å². The first kappa shape index (κ1) is 22.3. The Morgan fingerprint density at radius 3 is 2.50 bits per heavy atom. The molecule has 0 aliphatic carbocycles. The van der Waals surface area contributed by atoms with Gasteiger partial charge in [0.05, 0.1) is 12.2 Å². The molecular weight excluding hydrogens is 410 g/mol. The van der Waals surface area contributed by atoms with Crippen molar-refractivity contribution in [3.63, 3.8) is 0 Å². The second kappa shape index (κ2) is 10.1. The molecule has 0 saturated heterocycles. The second-order valence-corrected chi connectivity index (χ2v) is 7.00. The first-order valence-electron chi connectivity index (χ1n) is 9.81. The summed E-state index contributed by atoms with van der Waals surface area (Å²) in [6.45, 7) is -0.280. The van der Waals surface area contributed by atoms with Gasteiger partial charge in [0, 0.05) is 17.2 Å². The number of carbonyl (C=O) groups excluding carboxylic acids is 3. The molecule has 6 N–H and O–H groups in total. The van der Waals surface area contributed by atoms with Crippen LogP contribution in [0.1, 0.15) is 22.3 Å². The number of fused-ring (bicyclic) bond motifs is 1. The van der Waals surface area contributed by atoms with E-state index in [0.29, 0.717) is 22.5 Å². The van der Waals surface area contributed by atoms with Gasteiger partial charge in [0.1, 0.15) is 0 Å². The minimum absolute atomic E-state index is 0.133. The number of nitrogens with two attached hydrogens (primary N) is 2. The molecule has 0 aliphatic heterocycles. The lowest BCUT2D eigenvalue weighted by molar-refractivity contribution is -0.305. The van der Waals surface area contributed by atoms with Gasteiger partial charge in [-0.15, -0.1) is 0 Å². The van der Waals surface area contributed by atoms with Crippen LogP contribution in [0.5, 0.6) is 0 Å². The number of hydrogen-bond acceptors (Lipinski definition) is 5. The Balaban J connectivity index is 1.71. The summed E-state index contributed by atoms with van der Waals surface area (Å²) in [5, 5.41) is 18.0. The molecular formula is C23H22N5O4-. The van der Waals surface area contributed by atoms with E-state index < -0.39 is 17.8 Å². The van der Waals surface area contributed by atoms with E-state index >= 15 is 0 Å². The normalized spacial score (nSPS) is 10.4. The number of aliphatic imine (C=N–C) groups is 1. The molecule has 0 saturated carbocycles. The predicted molar refractivity (Wildman–Crippen MR) is 120 cm³/mol. The second-order valence-electron chi connectivity index (χ2n) is 7.00. The number of carboxylic acids is 1. The highest BCUT2D eigenvalue weighted by molar-refractivity contribution is 6.01. The third-order valence-corrected chi connectivity index (χ3v) is 4.67. The maximum Gasteiger partial charge on any atom is 0.251 e. The van der Waals surface area contributed by atoms with Crippen LogP contribution in [-0.2, 0) is 16.0 Å². The summed E-state index contributed by atoms with van der Waals surface area (Å²) in [4.78, 5) is 39.7. The molecule has 32 heavy (non-hydrogen) atoms. The van der Waals surface area contributed by atoms with Gasteiger partial charge in [-0.05, 0) is 53.4 Å². The van der Waals surface area contributed by atoms with E-state index in [1.165, 1.54) is 6.07 Å². The van der Waals surface area contributed by atoms with Crippen molar-refractivity contribution in [3.05, 3.63) is 71.8 Å². The monoisotopic (exact) mass is 432 g/mol. The van der Waals surface area contributed by atoms with Gasteiger partial charge < -0.3 is 32.0 Å². The van der Waals surface area contributed by atoms with E-state index in [1.54, 1.807) is 24.3 Å². The van der Waals surface area contributed by atoms with Gasteiger partial charge in [-0.2, -0.15) is 0 Å². The zero-order valence-corrected chi connectivity index (χ0v) is 17.1. The number of anilines is 1. The molecule has 0 fully saturated rings. The number of aryl methyl sites for hydroxylation is 1. The Morgan fingerprint density at radius 1 is 0.969 bits per heavy atom. The fourth-order valence-electron chi connectivity index (χ4n) is 3.27. The van der Waals surface area contributed by atoms with Crippen LogP contribution in [0.3, 0.4) is 0 Å². The topological polar surface area (TPSA) is 163 Å². The van der Waals surface area contributed by atoms with E-state index in [2.05, 4.69) is 15.6 Å². The van der Waals surface area contributed by atoms with Gasteiger partial charge in [0.2, 0.25) is 5.91 Å². The van der Waals surface area contributed by atoms with Crippen molar-refractivity contribution >= 4 is 45.9 Å². The Hall–Kier alpha value is -4.40. The summed E-state index contributed by atoms with van der Waals surface area (Å²) in [7, 11) is 0. The maximum atomic E-state index is 12.5. The Labute approximate surface area is 184 Å². The highest BCUT2D eigenvalue weighted by Gasteiger charge is 2.13. The summed E-state index contributed by atoms with van der Waals surface area (Å²) >= 11 is 0. The van der Waals surface area contributed by atoms with Crippen molar-refractivity contribution in [2.45, 2.75) is 12.8 Å². The molecule has 0 unspecified atom stereocenters. The van der Waals surface area contributed by atoms with E-state index in [1.807, 2.05) is 30.3 Å². The molecule has 2 amide bonds. The first-order valence-corrected chi connectivity index (χ1v) is 9.81. The van der Waals surface area contributed by atoms with E-state index in [0.717, 1.165) is 10.8 Å². The molecule has 0 heterocycles. The van der Waals surface area contributed by atoms with Crippen LogP contribution >= 0.6 is 0 Å². The number of carbonyl (C=O) groups is 3. The minimum atomic E-state index is -1.18. The van der Waals surface area contributed by atoms with Crippen molar-refractivity contribution in [1.29, 1.82) is 0 Å². The highest BCUT2D eigenvalue weighted by atomic mass is 16.4. The molecule has 0 spiro atoms. The molecule has 3 rings (SSSR count). The number of nitrogens with one attached hydrogen (secondary N) is 2. The van der Waals surface area contributed by atoms with Gasteiger partial charge in [-0.25, -0.2) is 4.99 Å². The van der Waals surface area contributed by atoms with Gasteiger partial charge in [0.25, 0.3) is 5.91 Å². The van der Waals surface area contributed by atoms with E-state index in [4.69, 9.17) is 11.5 Å². The maximum absolute atomic E-state index is 12.5. The Morgan fingerprint density at radius 2 is 1.75 bits per heavy atom. The fraction of sp³-hybridized carbons (Fsp3) is 0.130. The van der Waals surface area contributed by atoms with Gasteiger partial charge >= 0.3 is 0 Å². The van der Waals surface area contributed by atoms with Crippen LogP contribution < -0.4 is 27.2 Å². The molecule has 0 bridgehead atoms.